The highest BCUT2D eigenvalue weighted by molar-refractivity contribution is 7.11. The number of thiophene rings is 1. The average Bonchev–Trinajstić information content (AvgIpc) is 2.48. The van der Waals surface area contributed by atoms with Gasteiger partial charge in [0.1, 0.15) is 0 Å². The first-order chi connectivity index (χ1) is 6.05. The van der Waals surface area contributed by atoms with Gasteiger partial charge in [-0.25, -0.2) is 0 Å². The SMILES string of the molecule is CCC(C)(N)C#Cc1sccc1Cl. The summed E-state index contributed by atoms with van der Waals surface area (Å²) in [6.45, 7) is 3.94. The summed E-state index contributed by atoms with van der Waals surface area (Å²) >= 11 is 7.42. The molecule has 1 aromatic heterocycles. The number of hydrogen-bond acceptors (Lipinski definition) is 2. The van der Waals surface area contributed by atoms with Gasteiger partial charge in [0.2, 0.25) is 0 Å². The Balaban J connectivity index is 2.84. The van der Waals surface area contributed by atoms with Crippen LogP contribution in [0.2, 0.25) is 5.02 Å². The van der Waals surface area contributed by atoms with Crippen LogP contribution in [0, 0.1) is 11.8 Å². The summed E-state index contributed by atoms with van der Waals surface area (Å²) in [6.07, 6.45) is 0.836. The molecule has 1 nitrogen and oxygen atoms in total. The predicted octanol–water partition coefficient (Wildman–Crippen LogP) is 2.88. The highest BCUT2D eigenvalue weighted by atomic mass is 35.5. The molecule has 0 saturated heterocycles. The molecule has 13 heavy (non-hydrogen) atoms. The fourth-order valence-electron chi connectivity index (χ4n) is 0.671. The van der Waals surface area contributed by atoms with Crippen molar-refractivity contribution < 1.29 is 0 Å². The van der Waals surface area contributed by atoms with E-state index in [0.717, 1.165) is 11.3 Å². The van der Waals surface area contributed by atoms with E-state index in [0.29, 0.717) is 5.02 Å². The first-order valence-electron chi connectivity index (χ1n) is 4.10. The Bertz CT molecular complexity index is 343. The summed E-state index contributed by atoms with van der Waals surface area (Å²) in [4.78, 5) is 0.895. The molecular formula is C10H12ClNS. The first-order valence-corrected chi connectivity index (χ1v) is 5.36. The summed E-state index contributed by atoms with van der Waals surface area (Å²) in [5.74, 6) is 6.00. The molecule has 0 bridgehead atoms. The smallest absolute Gasteiger partial charge is 0.0955 e. The van der Waals surface area contributed by atoms with Crippen molar-refractivity contribution in [2.45, 2.75) is 25.8 Å². The number of hydrogen-bond donors (Lipinski definition) is 1. The predicted molar refractivity (Wildman–Crippen MR) is 59.1 cm³/mol. The molecule has 0 amide bonds. The van der Waals surface area contributed by atoms with Crippen molar-refractivity contribution in [3.63, 3.8) is 0 Å². The van der Waals surface area contributed by atoms with Crippen molar-refractivity contribution in [2.75, 3.05) is 0 Å². The molecule has 0 aromatic carbocycles. The summed E-state index contributed by atoms with van der Waals surface area (Å²) in [5.41, 5.74) is 5.46. The van der Waals surface area contributed by atoms with Crippen LogP contribution < -0.4 is 5.73 Å². The fraction of sp³-hybridized carbons (Fsp3) is 0.400. The third-order valence-corrected chi connectivity index (χ3v) is 3.07. The summed E-state index contributed by atoms with van der Waals surface area (Å²) < 4.78 is 0. The second-order valence-electron chi connectivity index (χ2n) is 3.12. The Labute approximate surface area is 87.9 Å². The van der Waals surface area contributed by atoms with Gasteiger partial charge < -0.3 is 5.73 Å². The minimum absolute atomic E-state index is 0.409. The molecule has 0 spiro atoms. The number of nitrogens with two attached hydrogens (primary N) is 1. The molecule has 0 radical (unpaired) electrons. The zero-order valence-electron chi connectivity index (χ0n) is 7.73. The van der Waals surface area contributed by atoms with Gasteiger partial charge in [-0.2, -0.15) is 0 Å². The lowest BCUT2D eigenvalue weighted by atomic mass is 10.0. The largest absolute Gasteiger partial charge is 0.315 e. The molecule has 2 N–H and O–H groups in total. The van der Waals surface area contributed by atoms with E-state index in [-0.39, 0.29) is 0 Å². The van der Waals surface area contributed by atoms with E-state index in [9.17, 15) is 0 Å². The van der Waals surface area contributed by atoms with E-state index in [1.165, 1.54) is 11.3 Å². The van der Waals surface area contributed by atoms with Gasteiger partial charge in [-0.05, 0) is 24.8 Å². The standard InChI is InChI=1S/C10H12ClNS/c1-3-10(2,12)6-4-9-8(11)5-7-13-9/h5,7H,3,12H2,1-2H3. The third-order valence-electron chi connectivity index (χ3n) is 1.81. The van der Waals surface area contributed by atoms with Crippen LogP contribution in [0.5, 0.6) is 0 Å². The molecular weight excluding hydrogens is 202 g/mol. The van der Waals surface area contributed by atoms with Crippen molar-refractivity contribution in [3.05, 3.63) is 21.3 Å². The molecule has 0 aliphatic rings. The molecule has 1 aromatic rings. The quantitative estimate of drug-likeness (QED) is 0.714. The molecule has 3 heteroatoms. The Kier molecular flexibility index (Phi) is 3.38. The third kappa shape index (κ3) is 3.04. The van der Waals surface area contributed by atoms with Crippen LogP contribution in [0.25, 0.3) is 0 Å². The van der Waals surface area contributed by atoms with E-state index >= 15 is 0 Å². The van der Waals surface area contributed by atoms with E-state index in [4.69, 9.17) is 17.3 Å². The Hall–Kier alpha value is -0.490. The van der Waals surface area contributed by atoms with Crippen LogP contribution in [-0.2, 0) is 0 Å². The van der Waals surface area contributed by atoms with Gasteiger partial charge >= 0.3 is 0 Å². The van der Waals surface area contributed by atoms with Crippen molar-refractivity contribution >= 4 is 22.9 Å². The second-order valence-corrected chi connectivity index (χ2v) is 4.44. The van der Waals surface area contributed by atoms with Gasteiger partial charge in [-0.15, -0.1) is 11.3 Å². The lowest BCUT2D eigenvalue weighted by Crippen LogP contribution is -2.32. The minimum Gasteiger partial charge on any atom is -0.315 e. The molecule has 1 rings (SSSR count). The normalized spacial score (nSPS) is 14.5. The highest BCUT2D eigenvalue weighted by Gasteiger charge is 2.10. The zero-order valence-corrected chi connectivity index (χ0v) is 9.30. The molecule has 0 aliphatic heterocycles. The topological polar surface area (TPSA) is 26.0 Å². The monoisotopic (exact) mass is 213 g/mol. The van der Waals surface area contributed by atoms with Crippen LogP contribution >= 0.6 is 22.9 Å². The Morgan fingerprint density at radius 2 is 2.38 bits per heavy atom. The molecule has 1 heterocycles. The van der Waals surface area contributed by atoms with Gasteiger partial charge in [-0.3, -0.25) is 0 Å². The fourth-order valence-corrected chi connectivity index (χ4v) is 1.62. The summed E-state index contributed by atoms with van der Waals surface area (Å²) in [6, 6.07) is 1.84. The van der Waals surface area contributed by atoms with Gasteiger partial charge in [0.25, 0.3) is 0 Å². The van der Waals surface area contributed by atoms with Crippen LogP contribution in [-0.4, -0.2) is 5.54 Å². The van der Waals surface area contributed by atoms with Crippen LogP contribution in [0.3, 0.4) is 0 Å². The van der Waals surface area contributed by atoms with Crippen LogP contribution in [0.15, 0.2) is 11.4 Å². The Morgan fingerprint density at radius 3 is 2.85 bits per heavy atom. The van der Waals surface area contributed by atoms with E-state index < -0.39 is 5.54 Å². The van der Waals surface area contributed by atoms with E-state index in [1.807, 2.05) is 25.3 Å². The molecule has 0 saturated carbocycles. The van der Waals surface area contributed by atoms with Gasteiger partial charge in [0.15, 0.2) is 0 Å². The molecule has 1 atom stereocenters. The molecule has 70 valence electrons. The lowest BCUT2D eigenvalue weighted by molar-refractivity contribution is 0.586. The first kappa shape index (κ1) is 10.6. The van der Waals surface area contributed by atoms with E-state index in [2.05, 4.69) is 11.8 Å². The molecule has 1 unspecified atom stereocenters. The van der Waals surface area contributed by atoms with Gasteiger partial charge in [-0.1, -0.05) is 30.4 Å². The number of rotatable bonds is 1. The maximum atomic E-state index is 5.88. The van der Waals surface area contributed by atoms with Crippen molar-refractivity contribution in [1.82, 2.24) is 0 Å². The minimum atomic E-state index is -0.409. The summed E-state index contributed by atoms with van der Waals surface area (Å²) in [5, 5.41) is 2.64. The van der Waals surface area contributed by atoms with Crippen molar-refractivity contribution in [3.8, 4) is 11.8 Å². The lowest BCUT2D eigenvalue weighted by Gasteiger charge is -2.13. The average molecular weight is 214 g/mol. The van der Waals surface area contributed by atoms with Crippen molar-refractivity contribution in [2.24, 2.45) is 5.73 Å². The second kappa shape index (κ2) is 4.15. The highest BCUT2D eigenvalue weighted by Crippen LogP contribution is 2.20. The maximum Gasteiger partial charge on any atom is 0.0955 e. The molecule has 0 aliphatic carbocycles. The summed E-state index contributed by atoms with van der Waals surface area (Å²) in [7, 11) is 0. The molecule has 0 fully saturated rings. The van der Waals surface area contributed by atoms with Crippen molar-refractivity contribution in [1.29, 1.82) is 0 Å². The number of halogens is 1. The van der Waals surface area contributed by atoms with Crippen LogP contribution in [0.1, 0.15) is 25.1 Å². The van der Waals surface area contributed by atoms with E-state index in [1.54, 1.807) is 0 Å². The zero-order chi connectivity index (χ0) is 9.90. The van der Waals surface area contributed by atoms with Gasteiger partial charge in [0, 0.05) is 0 Å². The Morgan fingerprint density at radius 1 is 1.69 bits per heavy atom. The van der Waals surface area contributed by atoms with Gasteiger partial charge in [0.05, 0.1) is 15.4 Å². The maximum absolute atomic E-state index is 5.88. The van der Waals surface area contributed by atoms with Crippen LogP contribution in [0.4, 0.5) is 0 Å².